The summed E-state index contributed by atoms with van der Waals surface area (Å²) < 4.78 is 25.5. The van der Waals surface area contributed by atoms with E-state index < -0.39 is 6.43 Å². The minimum atomic E-state index is -2.51. The molecular weight excluding hydrogens is 374 g/mol. The summed E-state index contributed by atoms with van der Waals surface area (Å²) in [6.45, 7) is 9.40. The molecule has 0 bridgehead atoms. The number of fused-ring (bicyclic) bond motifs is 1. The molecule has 0 unspecified atom stereocenters. The van der Waals surface area contributed by atoms with Gasteiger partial charge in [0.1, 0.15) is 5.82 Å². The Morgan fingerprint density at radius 3 is 2.69 bits per heavy atom. The van der Waals surface area contributed by atoms with E-state index >= 15 is 0 Å². The Kier molecular flexibility index (Phi) is 6.15. The molecule has 1 aliphatic rings. The van der Waals surface area contributed by atoms with Gasteiger partial charge in [0.25, 0.3) is 6.43 Å². The number of pyridine rings is 2. The zero-order chi connectivity index (χ0) is 21.2. The van der Waals surface area contributed by atoms with Gasteiger partial charge in [-0.1, -0.05) is 20.8 Å². The Morgan fingerprint density at radius 1 is 1.31 bits per heavy atom. The predicted octanol–water partition coefficient (Wildman–Crippen LogP) is 5.05. The van der Waals surface area contributed by atoms with Crippen LogP contribution in [0.1, 0.15) is 62.6 Å². The van der Waals surface area contributed by atoms with Crippen molar-refractivity contribution >= 4 is 17.4 Å². The van der Waals surface area contributed by atoms with Gasteiger partial charge in [-0.2, -0.15) is 0 Å². The molecule has 3 rings (SSSR count). The maximum Gasteiger partial charge on any atom is 0.265 e. The van der Waals surface area contributed by atoms with Crippen molar-refractivity contribution in [3.63, 3.8) is 0 Å². The van der Waals surface area contributed by atoms with Gasteiger partial charge in [-0.25, -0.2) is 13.8 Å². The average Bonchev–Trinajstić information content (AvgIpc) is 2.62. The zero-order valence-electron chi connectivity index (χ0n) is 17.4. The topological polar surface area (TPSA) is 58.1 Å². The monoisotopic (exact) mass is 402 g/mol. The highest BCUT2D eigenvalue weighted by molar-refractivity contribution is 5.91. The second-order valence-electron chi connectivity index (χ2n) is 8.81. The van der Waals surface area contributed by atoms with Gasteiger partial charge in [0.05, 0.1) is 23.6 Å². The van der Waals surface area contributed by atoms with Crippen LogP contribution in [0.25, 0.3) is 0 Å². The Hall–Kier alpha value is -2.57. The molecule has 0 atom stereocenters. The lowest BCUT2D eigenvalue weighted by Crippen LogP contribution is -2.30. The smallest absolute Gasteiger partial charge is 0.265 e. The van der Waals surface area contributed by atoms with Gasteiger partial charge in [-0.05, 0) is 48.9 Å². The molecule has 29 heavy (non-hydrogen) atoms. The fourth-order valence-corrected chi connectivity index (χ4v) is 3.46. The number of nitrogens with zero attached hydrogens (tertiary/aromatic N) is 3. The maximum atomic E-state index is 12.7. The molecule has 0 aromatic carbocycles. The van der Waals surface area contributed by atoms with Gasteiger partial charge in [0.15, 0.2) is 0 Å². The number of carbonyl (C=O) groups excluding carboxylic acids is 1. The Labute approximate surface area is 170 Å². The van der Waals surface area contributed by atoms with Crippen molar-refractivity contribution in [2.24, 2.45) is 5.41 Å². The van der Waals surface area contributed by atoms with E-state index in [4.69, 9.17) is 4.98 Å². The highest BCUT2D eigenvalue weighted by Gasteiger charge is 2.22. The minimum Gasteiger partial charge on any atom is -0.364 e. The standard InChI is InChI=1S/C22H28F2N4O/c1-14-10-18-17(26-21(14)27-19(29)11-22(2,3)4)6-5-9-28(18)13-16-8-7-15(12-25-16)20(23)24/h7-8,10,12,20H,5-6,9,11,13H2,1-4H3,(H,26,27,29). The second kappa shape index (κ2) is 8.43. The maximum absolute atomic E-state index is 12.7. The van der Waals surface area contributed by atoms with Gasteiger partial charge >= 0.3 is 0 Å². The molecule has 2 aromatic heterocycles. The summed E-state index contributed by atoms with van der Waals surface area (Å²) >= 11 is 0. The molecule has 0 fully saturated rings. The molecule has 0 spiro atoms. The quantitative estimate of drug-likeness (QED) is 0.760. The molecule has 0 aliphatic carbocycles. The van der Waals surface area contributed by atoms with Crippen molar-refractivity contribution in [1.29, 1.82) is 0 Å². The molecule has 5 nitrogen and oxygen atoms in total. The van der Waals surface area contributed by atoms with E-state index in [1.54, 1.807) is 6.07 Å². The summed E-state index contributed by atoms with van der Waals surface area (Å²) in [6, 6.07) is 5.12. The first-order valence-corrected chi connectivity index (χ1v) is 9.91. The van der Waals surface area contributed by atoms with E-state index in [0.717, 1.165) is 42.0 Å². The van der Waals surface area contributed by atoms with E-state index in [1.807, 2.05) is 33.8 Å². The SMILES string of the molecule is Cc1cc2c(nc1NC(=O)CC(C)(C)C)CCCN2Cc1ccc(C(F)F)cn1. The molecular formula is C22H28F2N4O. The first kappa shape index (κ1) is 21.1. The summed E-state index contributed by atoms with van der Waals surface area (Å²) in [5.41, 5.74) is 3.44. The van der Waals surface area contributed by atoms with E-state index in [2.05, 4.69) is 15.2 Å². The van der Waals surface area contributed by atoms with Crippen LogP contribution in [0.3, 0.4) is 0 Å². The molecule has 1 aliphatic heterocycles. The lowest BCUT2D eigenvalue weighted by atomic mass is 9.92. The largest absolute Gasteiger partial charge is 0.364 e. The van der Waals surface area contributed by atoms with Gasteiger partial charge < -0.3 is 10.2 Å². The van der Waals surface area contributed by atoms with E-state index in [-0.39, 0.29) is 16.9 Å². The fraction of sp³-hybridized carbons (Fsp3) is 0.500. The van der Waals surface area contributed by atoms with Crippen molar-refractivity contribution < 1.29 is 13.6 Å². The number of alkyl halides is 2. The van der Waals surface area contributed by atoms with Crippen LogP contribution in [0.5, 0.6) is 0 Å². The first-order chi connectivity index (χ1) is 13.6. The Morgan fingerprint density at radius 2 is 2.07 bits per heavy atom. The lowest BCUT2D eigenvalue weighted by molar-refractivity contribution is -0.117. The molecule has 7 heteroatoms. The first-order valence-electron chi connectivity index (χ1n) is 9.91. The van der Waals surface area contributed by atoms with E-state index in [1.165, 1.54) is 12.3 Å². The van der Waals surface area contributed by atoms with Gasteiger partial charge in [0.2, 0.25) is 5.91 Å². The molecule has 156 valence electrons. The Balaban J connectivity index is 1.77. The third-order valence-electron chi connectivity index (χ3n) is 4.85. The number of hydrogen-bond donors (Lipinski definition) is 1. The molecule has 1 amide bonds. The third kappa shape index (κ3) is 5.49. The number of halogens is 2. The molecule has 0 saturated carbocycles. The van der Waals surface area contributed by atoms with Crippen molar-refractivity contribution in [2.75, 3.05) is 16.8 Å². The van der Waals surface area contributed by atoms with Crippen LogP contribution < -0.4 is 10.2 Å². The van der Waals surface area contributed by atoms with Crippen LogP contribution in [-0.2, 0) is 17.8 Å². The molecule has 1 N–H and O–H groups in total. The summed E-state index contributed by atoms with van der Waals surface area (Å²) in [5.74, 6) is 0.572. The van der Waals surface area contributed by atoms with Gasteiger partial charge in [-0.15, -0.1) is 0 Å². The van der Waals surface area contributed by atoms with E-state index in [9.17, 15) is 13.6 Å². The minimum absolute atomic E-state index is 0.0379. The average molecular weight is 402 g/mol. The summed E-state index contributed by atoms with van der Waals surface area (Å²) in [4.78, 5) is 23.4. The number of hydrogen-bond acceptors (Lipinski definition) is 4. The van der Waals surface area contributed by atoms with Crippen molar-refractivity contribution in [1.82, 2.24) is 9.97 Å². The van der Waals surface area contributed by atoms with Crippen LogP contribution in [0.4, 0.5) is 20.3 Å². The van der Waals surface area contributed by atoms with Crippen molar-refractivity contribution in [2.45, 2.75) is 59.9 Å². The van der Waals surface area contributed by atoms with E-state index in [0.29, 0.717) is 18.8 Å². The number of rotatable bonds is 5. The number of nitrogens with one attached hydrogen (secondary N) is 1. The Bertz CT molecular complexity index is 876. The summed E-state index contributed by atoms with van der Waals surface area (Å²) in [7, 11) is 0. The normalized spacial score (nSPS) is 14.1. The lowest BCUT2D eigenvalue weighted by Gasteiger charge is -2.31. The van der Waals surface area contributed by atoms with Crippen LogP contribution in [-0.4, -0.2) is 22.4 Å². The highest BCUT2D eigenvalue weighted by atomic mass is 19.3. The number of amides is 1. The number of aryl methyl sites for hydroxylation is 2. The summed E-state index contributed by atoms with van der Waals surface area (Å²) in [5, 5.41) is 2.95. The van der Waals surface area contributed by atoms with Crippen molar-refractivity contribution in [3.8, 4) is 0 Å². The number of anilines is 2. The van der Waals surface area contributed by atoms with Crippen molar-refractivity contribution in [3.05, 3.63) is 46.9 Å². The third-order valence-corrected chi connectivity index (χ3v) is 4.85. The molecule has 3 heterocycles. The van der Waals surface area contributed by atoms with Crippen LogP contribution in [0.2, 0.25) is 0 Å². The second-order valence-corrected chi connectivity index (χ2v) is 8.81. The van der Waals surface area contributed by atoms with Crippen LogP contribution in [0.15, 0.2) is 24.4 Å². The fourth-order valence-electron chi connectivity index (χ4n) is 3.46. The molecule has 2 aromatic rings. The number of carbonyl (C=O) groups is 1. The highest BCUT2D eigenvalue weighted by Crippen LogP contribution is 2.31. The van der Waals surface area contributed by atoms with Gasteiger partial charge in [0, 0.05) is 24.7 Å². The zero-order valence-corrected chi connectivity index (χ0v) is 17.4. The predicted molar refractivity (Wildman–Crippen MR) is 110 cm³/mol. The summed E-state index contributed by atoms with van der Waals surface area (Å²) in [6.07, 6.45) is 0.936. The molecule has 0 radical (unpaired) electrons. The van der Waals surface area contributed by atoms with Crippen LogP contribution >= 0.6 is 0 Å². The van der Waals surface area contributed by atoms with Gasteiger partial charge in [-0.3, -0.25) is 9.78 Å². The number of aromatic nitrogens is 2. The van der Waals surface area contributed by atoms with Crippen LogP contribution in [0, 0.1) is 12.3 Å². The molecule has 0 saturated heterocycles.